The Labute approximate surface area is 176 Å². The molecule has 6 aromatic rings. The van der Waals surface area contributed by atoms with E-state index >= 15 is 0 Å². The van der Waals surface area contributed by atoms with Gasteiger partial charge in [-0.15, -0.1) is 0 Å². The molecule has 3 N–H and O–H groups in total. The molecule has 148 valence electrons. The number of nitrogens with one attached hydrogen (secondary N) is 2. The van der Waals surface area contributed by atoms with E-state index in [1.54, 1.807) is 24.7 Å². The fraction of sp³-hybridized carbons (Fsp3) is 0. The third-order valence-corrected chi connectivity index (χ3v) is 5.33. The molecule has 0 atom stereocenters. The van der Waals surface area contributed by atoms with Gasteiger partial charge in [-0.2, -0.15) is 5.10 Å². The number of hydrogen-bond acceptors (Lipinski definition) is 5. The van der Waals surface area contributed by atoms with Crippen LogP contribution in [-0.4, -0.2) is 35.2 Å². The Morgan fingerprint density at radius 2 is 1.74 bits per heavy atom. The SMILES string of the molecule is Oc1cncc(-c2cc3c(-c4cc5c(-c6ccccn6)cccc5[nH]4)n[nH]c3cn2)c1. The predicted molar refractivity (Wildman–Crippen MR) is 119 cm³/mol. The summed E-state index contributed by atoms with van der Waals surface area (Å²) >= 11 is 0. The molecule has 0 aliphatic carbocycles. The molecule has 1 aromatic carbocycles. The molecule has 0 spiro atoms. The molecule has 0 bridgehead atoms. The summed E-state index contributed by atoms with van der Waals surface area (Å²) in [6.45, 7) is 0. The lowest BCUT2D eigenvalue weighted by atomic mass is 10.1. The van der Waals surface area contributed by atoms with Crippen molar-refractivity contribution in [2.75, 3.05) is 0 Å². The highest BCUT2D eigenvalue weighted by atomic mass is 16.3. The van der Waals surface area contributed by atoms with E-state index in [-0.39, 0.29) is 5.75 Å². The van der Waals surface area contributed by atoms with Gasteiger partial charge in [-0.25, -0.2) is 0 Å². The molecule has 5 aromatic heterocycles. The van der Waals surface area contributed by atoms with Crippen molar-refractivity contribution in [2.24, 2.45) is 0 Å². The second-order valence-electron chi connectivity index (χ2n) is 7.28. The zero-order valence-corrected chi connectivity index (χ0v) is 16.2. The third-order valence-electron chi connectivity index (χ3n) is 5.33. The average Bonchev–Trinajstić information content (AvgIpc) is 3.43. The largest absolute Gasteiger partial charge is 0.506 e. The van der Waals surface area contributed by atoms with Crippen molar-refractivity contribution in [3.63, 3.8) is 0 Å². The summed E-state index contributed by atoms with van der Waals surface area (Å²) in [5, 5.41) is 19.4. The van der Waals surface area contributed by atoms with Gasteiger partial charge in [-0.05, 0) is 36.4 Å². The summed E-state index contributed by atoms with van der Waals surface area (Å²) in [7, 11) is 0. The molecule has 6 rings (SSSR count). The fourth-order valence-electron chi connectivity index (χ4n) is 3.88. The van der Waals surface area contributed by atoms with Crippen molar-refractivity contribution in [1.82, 2.24) is 30.1 Å². The number of H-pyrrole nitrogens is 2. The number of aromatic nitrogens is 6. The summed E-state index contributed by atoms with van der Waals surface area (Å²) in [6, 6.07) is 17.7. The number of aromatic amines is 2. The summed E-state index contributed by atoms with van der Waals surface area (Å²) < 4.78 is 0. The van der Waals surface area contributed by atoms with Gasteiger partial charge in [-0.1, -0.05) is 18.2 Å². The molecule has 0 aliphatic heterocycles. The molecular formula is C24H16N6O. The van der Waals surface area contributed by atoms with Crippen LogP contribution in [-0.2, 0) is 0 Å². The van der Waals surface area contributed by atoms with E-state index in [2.05, 4.69) is 42.3 Å². The van der Waals surface area contributed by atoms with Crippen LogP contribution in [0.15, 0.2) is 79.4 Å². The van der Waals surface area contributed by atoms with Crippen LogP contribution in [0.2, 0.25) is 0 Å². The van der Waals surface area contributed by atoms with Crippen LogP contribution in [0.3, 0.4) is 0 Å². The number of fused-ring (bicyclic) bond motifs is 2. The zero-order chi connectivity index (χ0) is 20.8. The van der Waals surface area contributed by atoms with Crippen molar-refractivity contribution < 1.29 is 5.11 Å². The fourth-order valence-corrected chi connectivity index (χ4v) is 3.88. The van der Waals surface area contributed by atoms with E-state index in [1.807, 2.05) is 36.4 Å². The van der Waals surface area contributed by atoms with Crippen LogP contribution in [0.25, 0.3) is 55.7 Å². The van der Waals surface area contributed by atoms with Crippen LogP contribution in [0.1, 0.15) is 0 Å². The van der Waals surface area contributed by atoms with Gasteiger partial charge in [0.15, 0.2) is 0 Å². The van der Waals surface area contributed by atoms with Crippen molar-refractivity contribution in [2.45, 2.75) is 0 Å². The van der Waals surface area contributed by atoms with Crippen LogP contribution < -0.4 is 0 Å². The minimum absolute atomic E-state index is 0.101. The van der Waals surface area contributed by atoms with E-state index in [1.165, 1.54) is 6.20 Å². The molecule has 31 heavy (non-hydrogen) atoms. The van der Waals surface area contributed by atoms with E-state index in [9.17, 15) is 5.11 Å². The van der Waals surface area contributed by atoms with Crippen LogP contribution in [0.4, 0.5) is 0 Å². The maximum absolute atomic E-state index is 9.76. The molecule has 7 heteroatoms. The minimum Gasteiger partial charge on any atom is -0.506 e. The van der Waals surface area contributed by atoms with Crippen molar-refractivity contribution in [3.05, 3.63) is 79.4 Å². The van der Waals surface area contributed by atoms with Gasteiger partial charge in [0, 0.05) is 39.8 Å². The van der Waals surface area contributed by atoms with Gasteiger partial charge < -0.3 is 10.1 Å². The summed E-state index contributed by atoms with van der Waals surface area (Å²) in [4.78, 5) is 16.5. The van der Waals surface area contributed by atoms with Crippen molar-refractivity contribution in [3.8, 4) is 39.7 Å². The number of aromatic hydroxyl groups is 1. The van der Waals surface area contributed by atoms with Crippen LogP contribution >= 0.6 is 0 Å². The number of nitrogens with zero attached hydrogens (tertiary/aromatic N) is 4. The monoisotopic (exact) mass is 404 g/mol. The van der Waals surface area contributed by atoms with E-state index < -0.39 is 0 Å². The quantitative estimate of drug-likeness (QED) is 0.388. The first-order valence-electron chi connectivity index (χ1n) is 9.78. The second-order valence-corrected chi connectivity index (χ2v) is 7.28. The van der Waals surface area contributed by atoms with Crippen LogP contribution in [0.5, 0.6) is 5.75 Å². The van der Waals surface area contributed by atoms with Crippen LogP contribution in [0, 0.1) is 0 Å². The Morgan fingerprint density at radius 3 is 2.61 bits per heavy atom. The lowest BCUT2D eigenvalue weighted by molar-refractivity contribution is 0.473. The summed E-state index contributed by atoms with van der Waals surface area (Å²) in [6.07, 6.45) is 6.62. The number of pyridine rings is 3. The van der Waals surface area contributed by atoms with Gasteiger partial charge in [0.2, 0.25) is 0 Å². The number of benzene rings is 1. The maximum atomic E-state index is 9.76. The van der Waals surface area contributed by atoms with Gasteiger partial charge in [0.1, 0.15) is 11.4 Å². The first-order chi connectivity index (χ1) is 15.3. The maximum Gasteiger partial charge on any atom is 0.134 e. The number of rotatable bonds is 3. The first kappa shape index (κ1) is 17.3. The molecule has 0 amide bonds. The Kier molecular flexibility index (Phi) is 3.79. The standard InChI is InChI=1S/C24H16N6O/c31-15-8-14(11-25-12-15)21-10-18-23(13-27-21)29-30-24(18)22-9-17-16(4-3-6-20(17)28-22)19-5-1-2-7-26-19/h1-13,28,31H,(H,29,30). The molecular weight excluding hydrogens is 388 g/mol. The summed E-state index contributed by atoms with van der Waals surface area (Å²) in [5.41, 5.74) is 6.98. The van der Waals surface area contributed by atoms with Gasteiger partial charge in [-0.3, -0.25) is 20.1 Å². The molecule has 0 aliphatic rings. The molecule has 0 unspecified atom stereocenters. The highest BCUT2D eigenvalue weighted by molar-refractivity contribution is 6.01. The Hall–Kier alpha value is -4.52. The van der Waals surface area contributed by atoms with E-state index in [0.717, 1.165) is 50.0 Å². The van der Waals surface area contributed by atoms with E-state index in [0.29, 0.717) is 5.69 Å². The molecule has 0 radical (unpaired) electrons. The van der Waals surface area contributed by atoms with Gasteiger partial charge in [0.25, 0.3) is 0 Å². The molecule has 0 saturated carbocycles. The minimum atomic E-state index is 0.101. The Bertz CT molecular complexity index is 1550. The average molecular weight is 404 g/mol. The first-order valence-corrected chi connectivity index (χ1v) is 9.78. The van der Waals surface area contributed by atoms with E-state index in [4.69, 9.17) is 0 Å². The third kappa shape index (κ3) is 2.91. The van der Waals surface area contributed by atoms with Crippen molar-refractivity contribution in [1.29, 1.82) is 0 Å². The lowest BCUT2D eigenvalue weighted by Gasteiger charge is -2.02. The molecule has 0 saturated heterocycles. The second kappa shape index (κ2) is 6.77. The topological polar surface area (TPSA) is 103 Å². The number of hydrogen-bond donors (Lipinski definition) is 3. The molecule has 0 fully saturated rings. The normalized spacial score (nSPS) is 11.4. The Morgan fingerprint density at radius 1 is 0.774 bits per heavy atom. The molecule has 5 heterocycles. The summed E-state index contributed by atoms with van der Waals surface area (Å²) in [5.74, 6) is 0.101. The molecule has 7 nitrogen and oxygen atoms in total. The Balaban J connectivity index is 1.51. The highest BCUT2D eigenvalue weighted by Crippen LogP contribution is 2.34. The van der Waals surface area contributed by atoms with Gasteiger partial charge in [0.05, 0.1) is 35.0 Å². The lowest BCUT2D eigenvalue weighted by Crippen LogP contribution is -1.85. The van der Waals surface area contributed by atoms with Crippen molar-refractivity contribution >= 4 is 21.8 Å². The predicted octanol–water partition coefficient (Wildman–Crippen LogP) is 4.94. The highest BCUT2D eigenvalue weighted by Gasteiger charge is 2.15. The van der Waals surface area contributed by atoms with Gasteiger partial charge >= 0.3 is 0 Å². The smallest absolute Gasteiger partial charge is 0.134 e. The zero-order valence-electron chi connectivity index (χ0n) is 16.2.